The van der Waals surface area contributed by atoms with Gasteiger partial charge in [0.05, 0.1) is 12.2 Å². The largest absolute Gasteiger partial charge is 0.396 e. The van der Waals surface area contributed by atoms with E-state index in [1.54, 1.807) is 0 Å². The molecule has 0 saturated carbocycles. The lowest BCUT2D eigenvalue weighted by Crippen LogP contribution is -2.30. The van der Waals surface area contributed by atoms with Gasteiger partial charge in [-0.3, -0.25) is 0 Å². The fraction of sp³-hybridized carbons (Fsp3) is 1.00. The van der Waals surface area contributed by atoms with Crippen LogP contribution in [0.15, 0.2) is 0 Å². The minimum atomic E-state index is 0.116. The van der Waals surface area contributed by atoms with Crippen LogP contribution in [0.3, 0.4) is 0 Å². The predicted molar refractivity (Wildman–Crippen MR) is 67.5 cm³/mol. The van der Waals surface area contributed by atoms with Crippen molar-refractivity contribution in [3.05, 3.63) is 0 Å². The molecule has 0 aromatic heterocycles. The Morgan fingerprint density at radius 3 is 2.50 bits per heavy atom. The van der Waals surface area contributed by atoms with Gasteiger partial charge >= 0.3 is 0 Å². The first kappa shape index (κ1) is 14.0. The number of hydrogen-bond donors (Lipinski definition) is 1. The summed E-state index contributed by atoms with van der Waals surface area (Å²) in [6, 6.07) is 0. The first-order valence-electron chi connectivity index (χ1n) is 6.92. The maximum absolute atomic E-state index is 9.67. The molecule has 0 aromatic carbocycles. The molecule has 0 amide bonds. The van der Waals surface area contributed by atoms with Crippen LogP contribution in [0.2, 0.25) is 0 Å². The third-order valence-electron chi connectivity index (χ3n) is 4.13. The summed E-state index contributed by atoms with van der Waals surface area (Å²) < 4.78 is 5.89. The van der Waals surface area contributed by atoms with Crippen molar-refractivity contribution in [3.8, 4) is 0 Å². The van der Waals surface area contributed by atoms with E-state index in [1.807, 2.05) is 0 Å². The minimum Gasteiger partial charge on any atom is -0.396 e. The van der Waals surface area contributed by atoms with Crippen LogP contribution in [-0.4, -0.2) is 23.9 Å². The SMILES string of the molecule is CCCCC(CC)(CO)CC1CCC(C)O1. The molecule has 1 N–H and O–H groups in total. The number of hydrogen-bond acceptors (Lipinski definition) is 2. The average Bonchev–Trinajstić information content (AvgIpc) is 2.70. The summed E-state index contributed by atoms with van der Waals surface area (Å²) in [6.07, 6.45) is 8.86. The molecular formula is C14H28O2. The molecule has 0 spiro atoms. The first-order chi connectivity index (χ1) is 7.65. The third-order valence-corrected chi connectivity index (χ3v) is 4.13. The molecule has 2 nitrogen and oxygen atoms in total. The van der Waals surface area contributed by atoms with Crippen LogP contribution in [0.5, 0.6) is 0 Å². The molecule has 0 aliphatic carbocycles. The van der Waals surface area contributed by atoms with Crippen LogP contribution in [0, 0.1) is 5.41 Å². The van der Waals surface area contributed by atoms with E-state index in [1.165, 1.54) is 25.7 Å². The van der Waals surface area contributed by atoms with Gasteiger partial charge in [-0.25, -0.2) is 0 Å². The van der Waals surface area contributed by atoms with Crippen LogP contribution in [0.4, 0.5) is 0 Å². The lowest BCUT2D eigenvalue weighted by Gasteiger charge is -2.33. The quantitative estimate of drug-likeness (QED) is 0.722. The van der Waals surface area contributed by atoms with Crippen molar-refractivity contribution in [2.45, 2.75) is 77.9 Å². The van der Waals surface area contributed by atoms with Crippen molar-refractivity contribution in [1.29, 1.82) is 0 Å². The number of ether oxygens (including phenoxy) is 1. The molecule has 3 atom stereocenters. The van der Waals surface area contributed by atoms with Crippen LogP contribution < -0.4 is 0 Å². The fourth-order valence-corrected chi connectivity index (χ4v) is 2.75. The zero-order valence-electron chi connectivity index (χ0n) is 11.2. The Morgan fingerprint density at radius 2 is 2.06 bits per heavy atom. The Kier molecular flexibility index (Phi) is 5.77. The topological polar surface area (TPSA) is 29.5 Å². The Bertz CT molecular complexity index is 187. The molecule has 1 fully saturated rings. The first-order valence-corrected chi connectivity index (χ1v) is 6.92. The number of unbranched alkanes of at least 4 members (excludes halogenated alkanes) is 1. The summed E-state index contributed by atoms with van der Waals surface area (Å²) in [5.41, 5.74) is 0.116. The highest BCUT2D eigenvalue weighted by Gasteiger charge is 2.33. The third kappa shape index (κ3) is 3.74. The van der Waals surface area contributed by atoms with Crippen LogP contribution >= 0.6 is 0 Å². The molecule has 0 radical (unpaired) electrons. The summed E-state index contributed by atoms with van der Waals surface area (Å²) in [5.74, 6) is 0. The molecule has 0 aromatic rings. The second-order valence-electron chi connectivity index (χ2n) is 5.47. The smallest absolute Gasteiger partial charge is 0.0585 e. The second-order valence-corrected chi connectivity index (χ2v) is 5.47. The molecule has 0 bridgehead atoms. The van der Waals surface area contributed by atoms with Gasteiger partial charge in [-0.1, -0.05) is 26.7 Å². The van der Waals surface area contributed by atoms with Gasteiger partial charge in [0.15, 0.2) is 0 Å². The lowest BCUT2D eigenvalue weighted by atomic mass is 9.76. The summed E-state index contributed by atoms with van der Waals surface area (Å²) in [7, 11) is 0. The summed E-state index contributed by atoms with van der Waals surface area (Å²) >= 11 is 0. The molecular weight excluding hydrogens is 200 g/mol. The normalized spacial score (nSPS) is 29.2. The Balaban J connectivity index is 2.48. The fourth-order valence-electron chi connectivity index (χ4n) is 2.75. The van der Waals surface area contributed by atoms with E-state index in [9.17, 15) is 5.11 Å². The zero-order valence-corrected chi connectivity index (χ0v) is 11.2. The predicted octanol–water partition coefficient (Wildman–Crippen LogP) is 3.52. The maximum atomic E-state index is 9.67. The lowest BCUT2D eigenvalue weighted by molar-refractivity contribution is -0.00255. The van der Waals surface area contributed by atoms with E-state index >= 15 is 0 Å². The van der Waals surface area contributed by atoms with E-state index < -0.39 is 0 Å². The summed E-state index contributed by atoms with van der Waals surface area (Å²) in [5, 5.41) is 9.67. The number of rotatable bonds is 7. The molecule has 1 aliphatic rings. The van der Waals surface area contributed by atoms with Gasteiger partial charge in [0, 0.05) is 6.61 Å². The Hall–Kier alpha value is -0.0800. The van der Waals surface area contributed by atoms with Gasteiger partial charge < -0.3 is 9.84 Å². The standard InChI is InChI=1S/C14H28O2/c1-4-6-9-14(5-2,11-15)10-13-8-7-12(3)16-13/h12-13,15H,4-11H2,1-3H3. The molecule has 1 saturated heterocycles. The van der Waals surface area contributed by atoms with Crippen molar-refractivity contribution in [1.82, 2.24) is 0 Å². The van der Waals surface area contributed by atoms with E-state index in [-0.39, 0.29) is 5.41 Å². The van der Waals surface area contributed by atoms with Crippen molar-refractivity contribution >= 4 is 0 Å². The summed E-state index contributed by atoms with van der Waals surface area (Å²) in [6.45, 7) is 6.88. The summed E-state index contributed by atoms with van der Waals surface area (Å²) in [4.78, 5) is 0. The maximum Gasteiger partial charge on any atom is 0.0585 e. The van der Waals surface area contributed by atoms with Gasteiger partial charge in [0.25, 0.3) is 0 Å². The van der Waals surface area contributed by atoms with Crippen LogP contribution in [-0.2, 0) is 4.74 Å². The Labute approximate surface area is 100 Å². The molecule has 3 unspecified atom stereocenters. The highest BCUT2D eigenvalue weighted by Crippen LogP contribution is 2.37. The molecule has 96 valence electrons. The van der Waals surface area contributed by atoms with Gasteiger partial charge in [-0.15, -0.1) is 0 Å². The van der Waals surface area contributed by atoms with Gasteiger partial charge in [-0.2, -0.15) is 0 Å². The average molecular weight is 228 g/mol. The zero-order chi connectivity index (χ0) is 12.0. The van der Waals surface area contributed by atoms with Gasteiger partial charge in [-0.05, 0) is 44.4 Å². The highest BCUT2D eigenvalue weighted by molar-refractivity contribution is 4.83. The van der Waals surface area contributed by atoms with E-state index in [0.717, 1.165) is 19.3 Å². The molecule has 1 aliphatic heterocycles. The van der Waals surface area contributed by atoms with Crippen molar-refractivity contribution in [2.75, 3.05) is 6.61 Å². The molecule has 1 heterocycles. The minimum absolute atomic E-state index is 0.116. The van der Waals surface area contributed by atoms with Crippen LogP contribution in [0.1, 0.15) is 65.7 Å². The van der Waals surface area contributed by atoms with E-state index in [0.29, 0.717) is 18.8 Å². The van der Waals surface area contributed by atoms with Crippen LogP contribution in [0.25, 0.3) is 0 Å². The van der Waals surface area contributed by atoms with Crippen molar-refractivity contribution in [2.24, 2.45) is 5.41 Å². The van der Waals surface area contributed by atoms with Gasteiger partial charge in [0.1, 0.15) is 0 Å². The Morgan fingerprint density at radius 1 is 1.31 bits per heavy atom. The highest BCUT2D eigenvalue weighted by atomic mass is 16.5. The van der Waals surface area contributed by atoms with Crippen molar-refractivity contribution < 1.29 is 9.84 Å². The van der Waals surface area contributed by atoms with Gasteiger partial charge in [0.2, 0.25) is 0 Å². The number of aliphatic hydroxyl groups is 1. The van der Waals surface area contributed by atoms with E-state index in [4.69, 9.17) is 4.74 Å². The molecule has 16 heavy (non-hydrogen) atoms. The monoisotopic (exact) mass is 228 g/mol. The number of aliphatic hydroxyl groups excluding tert-OH is 1. The molecule has 1 rings (SSSR count). The van der Waals surface area contributed by atoms with E-state index in [2.05, 4.69) is 20.8 Å². The van der Waals surface area contributed by atoms with Crippen molar-refractivity contribution in [3.63, 3.8) is 0 Å². The molecule has 2 heteroatoms. The second kappa shape index (κ2) is 6.61.